The van der Waals surface area contributed by atoms with Gasteiger partial charge in [0, 0.05) is 11.3 Å². The smallest absolute Gasteiger partial charge is 0.111 e. The van der Waals surface area contributed by atoms with Gasteiger partial charge in [0.2, 0.25) is 0 Å². The molecule has 0 saturated carbocycles. The van der Waals surface area contributed by atoms with E-state index in [2.05, 4.69) is 4.84 Å². The number of halogens is 1. The number of thioether (sulfide) groups is 1. The average molecular weight is 330 g/mol. The monoisotopic (exact) mass is 329 g/mol. The highest BCUT2D eigenvalue weighted by molar-refractivity contribution is 7.99. The molecule has 8 heteroatoms. The number of aliphatic hydroxyl groups is 4. The molecule has 0 aromatic heterocycles. The Morgan fingerprint density at radius 1 is 1.15 bits per heavy atom. The molecule has 0 spiro atoms. The normalized spacial score (nSPS) is 35.2. The van der Waals surface area contributed by atoms with Gasteiger partial charge in [-0.2, -0.15) is 11.8 Å². The van der Waals surface area contributed by atoms with Crippen LogP contribution in [-0.2, 0) is 4.74 Å². The van der Waals surface area contributed by atoms with Crippen LogP contribution in [0.15, 0.2) is 0 Å². The summed E-state index contributed by atoms with van der Waals surface area (Å²) >= 11 is 7.17. The number of ether oxygens (including phenoxy) is 1. The van der Waals surface area contributed by atoms with Crippen LogP contribution in [-0.4, -0.2) is 74.6 Å². The first kappa shape index (κ1) is 18.4. The Kier molecular flexibility index (Phi) is 7.51. The lowest BCUT2D eigenvalue weighted by Crippen LogP contribution is -2.59. The van der Waals surface area contributed by atoms with Crippen LogP contribution in [0.1, 0.15) is 20.3 Å². The Bertz CT molecular complexity index is 295. The van der Waals surface area contributed by atoms with Crippen molar-refractivity contribution >= 4 is 23.5 Å². The van der Waals surface area contributed by atoms with Crippen LogP contribution in [0.25, 0.3) is 0 Å². The van der Waals surface area contributed by atoms with Gasteiger partial charge in [-0.1, -0.05) is 0 Å². The van der Waals surface area contributed by atoms with Crippen molar-refractivity contribution in [3.63, 3.8) is 0 Å². The third kappa shape index (κ3) is 4.99. The SMILES string of the molecule is CC(C)(CCSCC1OC(CO)C(O)C(O)C1O)NCl. The number of hydrogen-bond donors (Lipinski definition) is 5. The first-order chi connectivity index (χ1) is 9.32. The first-order valence-corrected chi connectivity index (χ1v) is 8.11. The Balaban J connectivity index is 2.39. The van der Waals surface area contributed by atoms with Crippen molar-refractivity contribution in [3.8, 4) is 0 Å². The molecule has 0 aromatic rings. The molecule has 0 radical (unpaired) electrons. The van der Waals surface area contributed by atoms with Crippen molar-refractivity contribution in [2.75, 3.05) is 18.1 Å². The molecule has 1 aliphatic heterocycles. The van der Waals surface area contributed by atoms with E-state index in [4.69, 9.17) is 21.6 Å². The molecule has 5 N–H and O–H groups in total. The zero-order valence-corrected chi connectivity index (χ0v) is 13.3. The second kappa shape index (κ2) is 8.14. The zero-order valence-electron chi connectivity index (χ0n) is 11.7. The van der Waals surface area contributed by atoms with E-state index < -0.39 is 37.1 Å². The summed E-state index contributed by atoms with van der Waals surface area (Å²) in [6.07, 6.45) is -4.36. The van der Waals surface area contributed by atoms with E-state index in [1.54, 1.807) is 11.8 Å². The molecule has 1 fully saturated rings. The summed E-state index contributed by atoms with van der Waals surface area (Å²) in [6.45, 7) is 3.57. The highest BCUT2D eigenvalue weighted by atomic mass is 35.5. The molecule has 5 atom stereocenters. The largest absolute Gasteiger partial charge is 0.394 e. The summed E-state index contributed by atoms with van der Waals surface area (Å²) in [5, 5.41) is 38.3. The quantitative estimate of drug-likeness (QED) is 0.316. The zero-order chi connectivity index (χ0) is 15.3. The maximum Gasteiger partial charge on any atom is 0.111 e. The second-order valence-electron chi connectivity index (χ2n) is 5.67. The van der Waals surface area contributed by atoms with Gasteiger partial charge in [-0.3, -0.25) is 0 Å². The highest BCUT2D eigenvalue weighted by Gasteiger charge is 2.43. The molecule has 5 unspecified atom stereocenters. The van der Waals surface area contributed by atoms with Crippen LogP contribution in [0.2, 0.25) is 0 Å². The van der Waals surface area contributed by atoms with Crippen LogP contribution in [0, 0.1) is 0 Å². The number of aliphatic hydroxyl groups excluding tert-OH is 4. The van der Waals surface area contributed by atoms with E-state index in [0.29, 0.717) is 5.75 Å². The summed E-state index contributed by atoms with van der Waals surface area (Å²) in [6, 6.07) is 0. The summed E-state index contributed by atoms with van der Waals surface area (Å²) < 4.78 is 5.42. The van der Waals surface area contributed by atoms with Crippen molar-refractivity contribution in [1.29, 1.82) is 0 Å². The minimum absolute atomic E-state index is 0.177. The van der Waals surface area contributed by atoms with Crippen LogP contribution in [0.3, 0.4) is 0 Å². The van der Waals surface area contributed by atoms with Gasteiger partial charge in [0.25, 0.3) is 0 Å². The van der Waals surface area contributed by atoms with E-state index in [-0.39, 0.29) is 5.54 Å². The van der Waals surface area contributed by atoms with Crippen LogP contribution in [0.5, 0.6) is 0 Å². The van der Waals surface area contributed by atoms with Crippen LogP contribution < -0.4 is 4.84 Å². The third-order valence-corrected chi connectivity index (χ3v) is 4.97. The third-order valence-electron chi connectivity index (χ3n) is 3.40. The molecule has 120 valence electrons. The molecular weight excluding hydrogens is 306 g/mol. The highest BCUT2D eigenvalue weighted by Crippen LogP contribution is 2.24. The lowest BCUT2D eigenvalue weighted by Gasteiger charge is -2.40. The van der Waals surface area contributed by atoms with Gasteiger partial charge in [0.1, 0.15) is 24.4 Å². The number of rotatable bonds is 7. The Morgan fingerprint density at radius 2 is 1.75 bits per heavy atom. The van der Waals surface area contributed by atoms with Gasteiger partial charge in [0.15, 0.2) is 0 Å². The van der Waals surface area contributed by atoms with Gasteiger partial charge in [0.05, 0.1) is 12.7 Å². The summed E-state index contributed by atoms with van der Waals surface area (Å²) in [5.74, 6) is 1.28. The molecule has 0 aliphatic carbocycles. The molecule has 0 bridgehead atoms. The Hall–Kier alpha value is 0.400. The molecular formula is C12H24ClNO5S. The standard InChI is InChI=1S/C12H24ClNO5S/c1-12(2,14-13)3-4-20-6-8-10(17)11(18)9(16)7(5-15)19-8/h7-11,14-18H,3-6H2,1-2H3. The lowest BCUT2D eigenvalue weighted by atomic mass is 9.96. The van der Waals surface area contributed by atoms with E-state index in [9.17, 15) is 15.3 Å². The van der Waals surface area contributed by atoms with Crippen molar-refractivity contribution in [1.82, 2.24) is 4.84 Å². The number of hydrogen-bond acceptors (Lipinski definition) is 7. The van der Waals surface area contributed by atoms with E-state index in [1.165, 1.54) is 0 Å². The molecule has 6 nitrogen and oxygen atoms in total. The fourth-order valence-electron chi connectivity index (χ4n) is 1.89. The second-order valence-corrected chi connectivity index (χ2v) is 7.01. The van der Waals surface area contributed by atoms with E-state index >= 15 is 0 Å². The molecule has 0 aromatic carbocycles. The predicted octanol–water partition coefficient (Wildman–Crippen LogP) is -0.526. The molecule has 1 heterocycles. The fraction of sp³-hybridized carbons (Fsp3) is 1.00. The predicted molar refractivity (Wildman–Crippen MR) is 78.8 cm³/mol. The van der Waals surface area contributed by atoms with Gasteiger partial charge >= 0.3 is 0 Å². The molecule has 1 aliphatic rings. The summed E-state index contributed by atoms with van der Waals surface area (Å²) in [7, 11) is 0. The lowest BCUT2D eigenvalue weighted by molar-refractivity contribution is -0.222. The first-order valence-electron chi connectivity index (χ1n) is 6.58. The van der Waals surface area contributed by atoms with Crippen molar-refractivity contribution in [2.24, 2.45) is 0 Å². The van der Waals surface area contributed by atoms with E-state index in [0.717, 1.165) is 12.2 Å². The molecule has 1 rings (SSSR count). The summed E-state index contributed by atoms with van der Waals surface area (Å²) in [5.41, 5.74) is -0.177. The minimum atomic E-state index is -1.30. The fourth-order valence-corrected chi connectivity index (χ4v) is 3.31. The van der Waals surface area contributed by atoms with E-state index in [1.807, 2.05) is 13.8 Å². The number of nitrogens with one attached hydrogen (secondary N) is 1. The van der Waals surface area contributed by atoms with Crippen molar-refractivity contribution in [3.05, 3.63) is 0 Å². The van der Waals surface area contributed by atoms with Gasteiger partial charge in [-0.05, 0) is 37.8 Å². The summed E-state index contributed by atoms with van der Waals surface area (Å²) in [4.78, 5) is 2.69. The average Bonchev–Trinajstić information content (AvgIpc) is 2.43. The van der Waals surface area contributed by atoms with Crippen LogP contribution >= 0.6 is 23.5 Å². The van der Waals surface area contributed by atoms with Gasteiger partial charge in [-0.25, -0.2) is 4.84 Å². The topological polar surface area (TPSA) is 102 Å². The van der Waals surface area contributed by atoms with Crippen molar-refractivity contribution < 1.29 is 25.2 Å². The maximum absolute atomic E-state index is 9.86. The van der Waals surface area contributed by atoms with Crippen LogP contribution in [0.4, 0.5) is 0 Å². The molecule has 20 heavy (non-hydrogen) atoms. The molecule has 0 amide bonds. The molecule has 1 saturated heterocycles. The van der Waals surface area contributed by atoms with Crippen molar-refractivity contribution in [2.45, 2.75) is 56.3 Å². The maximum atomic E-state index is 9.86. The Labute approximate surface area is 128 Å². The Morgan fingerprint density at radius 3 is 2.30 bits per heavy atom. The minimum Gasteiger partial charge on any atom is -0.394 e. The van der Waals surface area contributed by atoms with Gasteiger partial charge in [-0.15, -0.1) is 0 Å². The van der Waals surface area contributed by atoms with Gasteiger partial charge < -0.3 is 25.2 Å².